The van der Waals surface area contributed by atoms with Crippen molar-refractivity contribution in [2.75, 3.05) is 16.4 Å². The van der Waals surface area contributed by atoms with E-state index in [1.807, 2.05) is 0 Å². The van der Waals surface area contributed by atoms with E-state index < -0.39 is 17.7 Å². The molecule has 1 amide bonds. The summed E-state index contributed by atoms with van der Waals surface area (Å²) < 4.78 is 31.7. The van der Waals surface area contributed by atoms with Gasteiger partial charge in [0, 0.05) is 17.7 Å². The number of aromatic amines is 1. The monoisotopic (exact) mass is 406 g/mol. The molecule has 3 rings (SSSR count). The van der Waals surface area contributed by atoms with E-state index in [4.69, 9.17) is 10.5 Å². The van der Waals surface area contributed by atoms with Crippen LogP contribution in [0.2, 0.25) is 0 Å². The minimum absolute atomic E-state index is 0. The second-order valence-electron chi connectivity index (χ2n) is 5.62. The maximum atomic E-state index is 13.6. The molecule has 0 fully saturated rings. The lowest BCUT2D eigenvalue weighted by Crippen LogP contribution is -3.00. The number of amides is 1. The molecule has 0 radical (unpaired) electrons. The summed E-state index contributed by atoms with van der Waals surface area (Å²) in [7, 11) is 0. The summed E-state index contributed by atoms with van der Waals surface area (Å²) >= 11 is 0. The molecule has 0 aliphatic carbocycles. The Labute approximate surface area is 166 Å². The van der Waals surface area contributed by atoms with E-state index in [-0.39, 0.29) is 24.8 Å². The summed E-state index contributed by atoms with van der Waals surface area (Å²) in [6.07, 6.45) is -0.685. The Morgan fingerprint density at radius 3 is 2.50 bits per heavy atom. The zero-order valence-corrected chi connectivity index (χ0v) is 15.3. The van der Waals surface area contributed by atoms with Crippen LogP contribution in [0.25, 0.3) is 0 Å². The molecule has 0 saturated heterocycles. The molecular weight excluding hydrogens is 390 g/mol. The van der Waals surface area contributed by atoms with Crippen molar-refractivity contribution in [3.05, 3.63) is 77.9 Å². The molecule has 3 aromatic rings. The molecule has 0 bridgehead atoms. The third-order valence-corrected chi connectivity index (χ3v) is 3.65. The molecule has 0 unspecified atom stereocenters. The average molecular weight is 407 g/mol. The highest BCUT2D eigenvalue weighted by Gasteiger charge is 2.12. The third-order valence-electron chi connectivity index (χ3n) is 3.65. The smallest absolute Gasteiger partial charge is 0.417 e. The summed E-state index contributed by atoms with van der Waals surface area (Å²) in [4.78, 5) is 14.8. The van der Waals surface area contributed by atoms with E-state index in [0.29, 0.717) is 22.8 Å². The number of hydrogen-bond acceptors (Lipinski definition) is 4. The quantitative estimate of drug-likeness (QED) is 0.578. The predicted octanol–water partition coefficient (Wildman–Crippen LogP) is 0.588. The van der Waals surface area contributed by atoms with Gasteiger partial charge in [0.25, 0.3) is 0 Å². The fourth-order valence-electron chi connectivity index (χ4n) is 2.31. The van der Waals surface area contributed by atoms with Crippen LogP contribution in [-0.2, 0) is 6.54 Å². The minimum Gasteiger partial charge on any atom is -1.00 e. The summed E-state index contributed by atoms with van der Waals surface area (Å²) in [5.74, 6) is -0.192. The Bertz CT molecular complexity index is 958. The van der Waals surface area contributed by atoms with Crippen LogP contribution in [0, 0.1) is 11.6 Å². The number of halogens is 3. The second kappa shape index (κ2) is 9.52. The van der Waals surface area contributed by atoms with Crippen molar-refractivity contribution in [3.63, 3.8) is 0 Å². The van der Waals surface area contributed by atoms with E-state index in [1.54, 1.807) is 42.5 Å². The van der Waals surface area contributed by atoms with Crippen LogP contribution < -0.4 is 38.5 Å². The SMILES string of the molecule is Nc1[nH+]c(NCc2ccc(F)cc2F)ccc1NC(=O)Oc1ccccc1.[Cl-]. The van der Waals surface area contributed by atoms with Crippen LogP contribution in [-0.4, -0.2) is 6.09 Å². The van der Waals surface area contributed by atoms with Crippen LogP contribution in [0.1, 0.15) is 5.56 Å². The number of H-pyrrole nitrogens is 1. The van der Waals surface area contributed by atoms with Crippen molar-refractivity contribution < 1.29 is 35.7 Å². The summed E-state index contributed by atoms with van der Waals surface area (Å²) in [5, 5.41) is 5.47. The molecule has 9 heteroatoms. The summed E-state index contributed by atoms with van der Waals surface area (Å²) in [6.45, 7) is 0.130. The van der Waals surface area contributed by atoms with E-state index in [1.165, 1.54) is 12.1 Å². The van der Waals surface area contributed by atoms with Crippen LogP contribution in [0.15, 0.2) is 60.7 Å². The Morgan fingerprint density at radius 1 is 1.07 bits per heavy atom. The number of hydrogen-bond donors (Lipinski definition) is 3. The molecule has 1 heterocycles. The molecule has 0 atom stereocenters. The Hall–Kier alpha value is -3.39. The Kier molecular flexibility index (Phi) is 7.11. The van der Waals surface area contributed by atoms with Gasteiger partial charge in [0.1, 0.15) is 23.1 Å². The van der Waals surface area contributed by atoms with Crippen molar-refractivity contribution in [2.24, 2.45) is 0 Å². The van der Waals surface area contributed by atoms with Gasteiger partial charge in [-0.1, -0.05) is 24.3 Å². The normalized spacial score (nSPS) is 9.93. The van der Waals surface area contributed by atoms with Gasteiger partial charge in [-0.15, -0.1) is 0 Å². The number of rotatable bonds is 5. The molecule has 0 aliphatic rings. The number of carbonyl (C=O) groups is 1. The van der Waals surface area contributed by atoms with Crippen molar-refractivity contribution >= 4 is 23.4 Å². The maximum absolute atomic E-state index is 13.6. The lowest BCUT2D eigenvalue weighted by molar-refractivity contribution is -0.342. The Balaban J connectivity index is 0.00000280. The number of nitrogen functional groups attached to an aromatic ring is 1. The lowest BCUT2D eigenvalue weighted by Gasteiger charge is -2.08. The van der Waals surface area contributed by atoms with Gasteiger partial charge < -0.3 is 28.2 Å². The molecule has 6 nitrogen and oxygen atoms in total. The van der Waals surface area contributed by atoms with Gasteiger partial charge in [0.15, 0.2) is 0 Å². The van der Waals surface area contributed by atoms with E-state index in [0.717, 1.165) is 6.07 Å². The first-order valence-electron chi connectivity index (χ1n) is 8.05. The molecule has 2 aromatic carbocycles. The van der Waals surface area contributed by atoms with E-state index >= 15 is 0 Å². The minimum atomic E-state index is -0.685. The number of benzene rings is 2. The molecule has 146 valence electrons. The predicted molar refractivity (Wildman–Crippen MR) is 97.2 cm³/mol. The number of para-hydroxylation sites is 1. The number of nitrogens with one attached hydrogen (secondary N) is 3. The molecule has 28 heavy (non-hydrogen) atoms. The fourth-order valence-corrected chi connectivity index (χ4v) is 2.31. The van der Waals surface area contributed by atoms with Crippen molar-refractivity contribution in [3.8, 4) is 5.75 Å². The van der Waals surface area contributed by atoms with Gasteiger partial charge >= 0.3 is 6.09 Å². The first-order valence-corrected chi connectivity index (χ1v) is 8.05. The lowest BCUT2D eigenvalue weighted by atomic mass is 10.2. The second-order valence-corrected chi connectivity index (χ2v) is 5.62. The fraction of sp³-hybridized carbons (Fsp3) is 0.0526. The molecule has 1 aromatic heterocycles. The first-order chi connectivity index (χ1) is 13.0. The van der Waals surface area contributed by atoms with Gasteiger partial charge in [-0.2, -0.15) is 0 Å². The van der Waals surface area contributed by atoms with Gasteiger partial charge in [-0.05, 0) is 24.3 Å². The number of anilines is 3. The van der Waals surface area contributed by atoms with Gasteiger partial charge in [0.05, 0.1) is 6.54 Å². The molecule has 5 N–H and O–H groups in total. The Morgan fingerprint density at radius 2 is 1.82 bits per heavy atom. The number of aromatic nitrogens is 1. The van der Waals surface area contributed by atoms with Crippen LogP contribution in [0.3, 0.4) is 0 Å². The molecule has 0 saturated carbocycles. The third kappa shape index (κ3) is 5.55. The highest BCUT2D eigenvalue weighted by Crippen LogP contribution is 2.17. The van der Waals surface area contributed by atoms with Crippen LogP contribution in [0.4, 0.5) is 30.9 Å². The number of nitrogens with two attached hydrogens (primary N) is 1. The topological polar surface area (TPSA) is 90.5 Å². The van der Waals surface area contributed by atoms with Crippen molar-refractivity contribution in [2.45, 2.75) is 6.54 Å². The van der Waals surface area contributed by atoms with Gasteiger partial charge in [-0.25, -0.2) is 18.6 Å². The first kappa shape index (κ1) is 20.9. The van der Waals surface area contributed by atoms with E-state index in [2.05, 4.69) is 15.6 Å². The largest absolute Gasteiger partial charge is 1.00 e. The van der Waals surface area contributed by atoms with Crippen LogP contribution >= 0.6 is 0 Å². The standard InChI is InChI=1S/C19H16F2N4O2.ClH/c20-13-7-6-12(15(21)10-13)11-23-17-9-8-16(18(22)25-17)24-19(26)27-14-4-2-1-3-5-14;/h1-10H,11H2,(H,24,26)(H3,22,23,25);1H. The van der Waals surface area contributed by atoms with Crippen LogP contribution in [0.5, 0.6) is 5.75 Å². The van der Waals surface area contributed by atoms with Crippen molar-refractivity contribution in [1.82, 2.24) is 0 Å². The summed E-state index contributed by atoms with van der Waals surface area (Å²) in [5.41, 5.74) is 6.52. The van der Waals surface area contributed by atoms with E-state index in [9.17, 15) is 13.6 Å². The highest BCUT2D eigenvalue weighted by molar-refractivity contribution is 5.88. The number of carbonyl (C=O) groups excluding carboxylic acids is 1. The maximum Gasteiger partial charge on any atom is 0.417 e. The van der Waals surface area contributed by atoms with Gasteiger partial charge in [-0.3, -0.25) is 5.32 Å². The van der Waals surface area contributed by atoms with Gasteiger partial charge in [0.2, 0.25) is 11.6 Å². The molecule has 0 spiro atoms. The van der Waals surface area contributed by atoms with Crippen molar-refractivity contribution in [1.29, 1.82) is 0 Å². The zero-order valence-electron chi connectivity index (χ0n) is 14.5. The highest BCUT2D eigenvalue weighted by atomic mass is 35.5. The summed E-state index contributed by atoms with van der Waals surface area (Å²) in [6, 6.07) is 15.1. The molecule has 0 aliphatic heterocycles. The number of ether oxygens (including phenoxy) is 1. The molecular formula is C19H17ClF2N4O2. The zero-order chi connectivity index (χ0) is 19.2. The number of pyridine rings is 1. The average Bonchev–Trinajstić information content (AvgIpc) is 2.64.